The van der Waals surface area contributed by atoms with Gasteiger partial charge in [0, 0.05) is 37.9 Å². The molecule has 1 N–H and O–H groups in total. The fourth-order valence-electron chi connectivity index (χ4n) is 4.07. The van der Waals surface area contributed by atoms with Crippen molar-refractivity contribution < 1.29 is 18.0 Å². The zero-order valence-electron chi connectivity index (χ0n) is 17.2. The largest absolute Gasteiger partial charge is 0.350 e. The predicted octanol–water partition coefficient (Wildman–Crippen LogP) is 1.93. The summed E-state index contributed by atoms with van der Waals surface area (Å²) in [4.78, 5) is 30.6. The number of aromatic nitrogens is 1. The Morgan fingerprint density at radius 1 is 1.10 bits per heavy atom. The summed E-state index contributed by atoms with van der Waals surface area (Å²) in [5.74, 6) is -0.492. The van der Waals surface area contributed by atoms with E-state index in [2.05, 4.69) is 10.3 Å². The zero-order chi connectivity index (χ0) is 21.8. The number of benzene rings is 1. The minimum Gasteiger partial charge on any atom is -0.350 e. The first-order valence-corrected chi connectivity index (χ1v) is 12.0. The Bertz CT molecular complexity index is 1040. The molecule has 0 bridgehead atoms. The summed E-state index contributed by atoms with van der Waals surface area (Å²) in [5.41, 5.74) is 1.47. The maximum Gasteiger partial charge on any atom is 0.243 e. The van der Waals surface area contributed by atoms with Crippen LogP contribution in [0.15, 0.2) is 53.6 Å². The summed E-state index contributed by atoms with van der Waals surface area (Å²) in [5, 5.41) is 2.86. The fourth-order valence-corrected chi connectivity index (χ4v) is 5.59. The molecule has 2 aromatic rings. The van der Waals surface area contributed by atoms with Crippen molar-refractivity contribution in [3.8, 4) is 0 Å². The van der Waals surface area contributed by atoms with Crippen LogP contribution in [-0.2, 0) is 26.2 Å². The van der Waals surface area contributed by atoms with E-state index in [0.717, 1.165) is 12.1 Å². The third kappa shape index (κ3) is 4.77. The molecule has 0 aliphatic carbocycles. The highest BCUT2D eigenvalue weighted by Gasteiger charge is 2.33. The molecule has 1 atom stereocenters. The smallest absolute Gasteiger partial charge is 0.243 e. The minimum absolute atomic E-state index is 0.0613. The molecule has 0 spiro atoms. The number of amides is 2. The van der Waals surface area contributed by atoms with E-state index in [-0.39, 0.29) is 23.3 Å². The van der Waals surface area contributed by atoms with Crippen molar-refractivity contribution in [3.05, 3.63) is 54.4 Å². The highest BCUT2D eigenvalue weighted by atomic mass is 32.2. The summed E-state index contributed by atoms with van der Waals surface area (Å²) in [6.45, 7) is 1.52. The van der Waals surface area contributed by atoms with Crippen LogP contribution in [0.5, 0.6) is 0 Å². The van der Waals surface area contributed by atoms with Gasteiger partial charge in [0.2, 0.25) is 21.8 Å². The van der Waals surface area contributed by atoms with Gasteiger partial charge in [-0.2, -0.15) is 4.31 Å². The number of nitrogens with zero attached hydrogens (tertiary/aromatic N) is 3. The molecule has 164 valence electrons. The highest BCUT2D eigenvalue weighted by molar-refractivity contribution is 7.89. The topological polar surface area (TPSA) is 99.7 Å². The van der Waals surface area contributed by atoms with Crippen molar-refractivity contribution >= 4 is 27.5 Å². The fraction of sp³-hybridized carbons (Fsp3) is 0.409. The molecule has 2 aliphatic heterocycles. The first-order valence-electron chi connectivity index (χ1n) is 10.5. The van der Waals surface area contributed by atoms with Crippen LogP contribution >= 0.6 is 0 Å². The number of hydrogen-bond acceptors (Lipinski definition) is 5. The van der Waals surface area contributed by atoms with Crippen molar-refractivity contribution in [1.29, 1.82) is 0 Å². The Morgan fingerprint density at radius 2 is 1.90 bits per heavy atom. The van der Waals surface area contributed by atoms with Gasteiger partial charge >= 0.3 is 0 Å². The maximum atomic E-state index is 13.1. The van der Waals surface area contributed by atoms with Crippen LogP contribution < -0.4 is 10.2 Å². The van der Waals surface area contributed by atoms with Gasteiger partial charge in [0.15, 0.2) is 0 Å². The van der Waals surface area contributed by atoms with Crippen molar-refractivity contribution in [1.82, 2.24) is 14.6 Å². The molecule has 2 aliphatic rings. The van der Waals surface area contributed by atoms with Gasteiger partial charge in [0.25, 0.3) is 0 Å². The third-order valence-corrected chi connectivity index (χ3v) is 7.66. The first kappa shape index (κ1) is 21.5. The minimum atomic E-state index is -3.71. The summed E-state index contributed by atoms with van der Waals surface area (Å²) in [7, 11) is -3.71. The monoisotopic (exact) mass is 442 g/mol. The molecule has 1 aromatic carbocycles. The molecule has 31 heavy (non-hydrogen) atoms. The lowest BCUT2D eigenvalue weighted by Crippen LogP contribution is -2.45. The molecule has 4 rings (SSSR count). The number of nitrogens with one attached hydrogen (secondary N) is 1. The van der Waals surface area contributed by atoms with Crippen LogP contribution in [0.1, 0.15) is 31.4 Å². The van der Waals surface area contributed by atoms with Crippen LogP contribution in [0.25, 0.3) is 0 Å². The Balaban J connectivity index is 1.40. The van der Waals surface area contributed by atoms with Gasteiger partial charge in [0.05, 0.1) is 23.1 Å². The van der Waals surface area contributed by atoms with E-state index in [4.69, 9.17) is 0 Å². The summed E-state index contributed by atoms with van der Waals surface area (Å²) >= 11 is 0. The number of anilines is 1. The van der Waals surface area contributed by atoms with Gasteiger partial charge < -0.3 is 10.2 Å². The van der Waals surface area contributed by atoms with Crippen LogP contribution in [0.4, 0.5) is 5.69 Å². The molecule has 2 saturated heterocycles. The van der Waals surface area contributed by atoms with Crippen molar-refractivity contribution in [2.45, 2.75) is 37.1 Å². The quantitative estimate of drug-likeness (QED) is 0.737. The summed E-state index contributed by atoms with van der Waals surface area (Å²) < 4.78 is 27.7. The second kappa shape index (κ2) is 9.15. The van der Waals surface area contributed by atoms with E-state index in [9.17, 15) is 18.0 Å². The summed E-state index contributed by atoms with van der Waals surface area (Å²) in [6, 6.07) is 11.9. The Kier molecular flexibility index (Phi) is 6.33. The summed E-state index contributed by atoms with van der Waals surface area (Å²) in [6.07, 6.45) is 4.28. The lowest BCUT2D eigenvalue weighted by Gasteiger charge is -2.31. The van der Waals surface area contributed by atoms with Crippen LogP contribution in [-0.4, -0.2) is 49.2 Å². The zero-order valence-corrected chi connectivity index (χ0v) is 18.1. The van der Waals surface area contributed by atoms with E-state index in [1.54, 1.807) is 35.4 Å². The molecule has 1 aromatic heterocycles. The molecule has 8 nitrogen and oxygen atoms in total. The molecule has 3 heterocycles. The Morgan fingerprint density at radius 3 is 2.58 bits per heavy atom. The lowest BCUT2D eigenvalue weighted by molar-refractivity contribution is -0.126. The number of rotatable bonds is 6. The second-order valence-electron chi connectivity index (χ2n) is 7.88. The lowest BCUT2D eigenvalue weighted by atomic mass is 9.99. The number of carbonyl (C=O) groups is 2. The van der Waals surface area contributed by atoms with E-state index < -0.39 is 15.9 Å². The van der Waals surface area contributed by atoms with Crippen molar-refractivity contribution in [2.24, 2.45) is 5.92 Å². The molecular weight excluding hydrogens is 416 g/mol. The van der Waals surface area contributed by atoms with Crippen molar-refractivity contribution in [2.75, 3.05) is 24.5 Å². The molecule has 0 radical (unpaired) electrons. The van der Waals surface area contributed by atoms with Gasteiger partial charge in [-0.3, -0.25) is 14.6 Å². The van der Waals surface area contributed by atoms with Gasteiger partial charge in [-0.15, -0.1) is 0 Å². The van der Waals surface area contributed by atoms with Crippen LogP contribution in [0.2, 0.25) is 0 Å². The first-order chi connectivity index (χ1) is 14.9. The molecule has 2 fully saturated rings. The number of piperidine rings is 1. The number of hydrogen-bond donors (Lipinski definition) is 1. The molecular formula is C22H26N4O4S. The van der Waals surface area contributed by atoms with E-state index >= 15 is 0 Å². The maximum absolute atomic E-state index is 13.1. The number of pyridine rings is 1. The SMILES string of the molecule is O=C(NCc1ccccn1)C1CCCN(S(=O)(=O)c2ccc(N3CCCC3=O)cc2)C1. The van der Waals surface area contributed by atoms with Gasteiger partial charge in [-0.25, -0.2) is 8.42 Å². The number of sulfonamides is 1. The third-order valence-electron chi connectivity index (χ3n) is 5.78. The Hall–Kier alpha value is -2.78. The van der Waals surface area contributed by atoms with Gasteiger partial charge in [-0.05, 0) is 55.7 Å². The average Bonchev–Trinajstić information content (AvgIpc) is 3.24. The van der Waals surface area contributed by atoms with E-state index in [0.29, 0.717) is 44.6 Å². The molecule has 0 saturated carbocycles. The molecule has 9 heteroatoms. The van der Waals surface area contributed by atoms with Crippen LogP contribution in [0.3, 0.4) is 0 Å². The van der Waals surface area contributed by atoms with Gasteiger partial charge in [-0.1, -0.05) is 6.07 Å². The van der Waals surface area contributed by atoms with Crippen molar-refractivity contribution in [3.63, 3.8) is 0 Å². The standard InChI is InChI=1S/C22H26N4O4S/c27-21-7-4-14-26(21)19-8-10-20(11-9-19)31(29,30)25-13-3-5-17(16-25)22(28)24-15-18-6-1-2-12-23-18/h1-2,6,8-12,17H,3-5,7,13-16H2,(H,24,28). The normalized spacial score (nSPS) is 20.1. The van der Waals surface area contributed by atoms with E-state index in [1.807, 2.05) is 18.2 Å². The molecule has 1 unspecified atom stereocenters. The Labute approximate surface area is 182 Å². The molecule has 2 amide bonds. The second-order valence-corrected chi connectivity index (χ2v) is 9.82. The predicted molar refractivity (Wildman–Crippen MR) is 116 cm³/mol. The highest BCUT2D eigenvalue weighted by Crippen LogP contribution is 2.27. The number of carbonyl (C=O) groups excluding carboxylic acids is 2. The van der Waals surface area contributed by atoms with Gasteiger partial charge in [0.1, 0.15) is 0 Å². The average molecular weight is 443 g/mol. The van der Waals surface area contributed by atoms with Crippen LogP contribution in [0, 0.1) is 5.92 Å². The van der Waals surface area contributed by atoms with E-state index in [1.165, 1.54) is 4.31 Å².